The molecular weight excluding hydrogens is 152 g/mol. The Labute approximate surface area is 75.1 Å². The van der Waals surface area contributed by atoms with Crippen LogP contribution in [0, 0.1) is 0 Å². The van der Waals surface area contributed by atoms with Crippen LogP contribution in [-0.2, 0) is 4.74 Å². The molecule has 0 spiro atoms. The monoisotopic (exact) mass is 172 g/mol. The van der Waals surface area contributed by atoms with E-state index in [1.165, 1.54) is 19.4 Å². The molecule has 0 saturated carbocycles. The Hall–Kier alpha value is -0.120. The van der Waals surface area contributed by atoms with E-state index in [-0.39, 0.29) is 5.60 Å². The molecule has 1 rings (SSSR count). The van der Waals surface area contributed by atoms with E-state index >= 15 is 0 Å². The fourth-order valence-corrected chi connectivity index (χ4v) is 2.03. The van der Waals surface area contributed by atoms with Crippen molar-refractivity contribution in [3.05, 3.63) is 0 Å². The largest absolute Gasteiger partial charge is 0.376 e. The summed E-state index contributed by atoms with van der Waals surface area (Å²) >= 11 is 0. The van der Waals surface area contributed by atoms with Gasteiger partial charge in [0.2, 0.25) is 0 Å². The van der Waals surface area contributed by atoms with Gasteiger partial charge in [0.25, 0.3) is 0 Å². The van der Waals surface area contributed by atoms with Crippen LogP contribution < -0.4 is 5.32 Å². The molecule has 0 amide bonds. The summed E-state index contributed by atoms with van der Waals surface area (Å²) in [5.74, 6) is 0. The number of likely N-dealkylation sites (tertiary alicyclic amines) is 1. The third-order valence-electron chi connectivity index (χ3n) is 2.66. The highest BCUT2D eigenvalue weighted by Gasteiger charge is 2.33. The van der Waals surface area contributed by atoms with Crippen LogP contribution in [-0.4, -0.2) is 51.3 Å². The lowest BCUT2D eigenvalue weighted by atomic mass is 9.93. The van der Waals surface area contributed by atoms with Gasteiger partial charge in [-0.25, -0.2) is 0 Å². The summed E-state index contributed by atoms with van der Waals surface area (Å²) in [6.45, 7) is 3.20. The summed E-state index contributed by atoms with van der Waals surface area (Å²) in [4.78, 5) is 2.34. The van der Waals surface area contributed by atoms with Gasteiger partial charge in [-0.2, -0.15) is 0 Å². The van der Waals surface area contributed by atoms with Gasteiger partial charge < -0.3 is 15.0 Å². The van der Waals surface area contributed by atoms with E-state index in [2.05, 4.69) is 17.3 Å². The average molecular weight is 172 g/mol. The number of piperidine rings is 1. The van der Waals surface area contributed by atoms with Crippen molar-refractivity contribution in [2.45, 2.75) is 18.4 Å². The maximum atomic E-state index is 5.59. The van der Waals surface area contributed by atoms with Gasteiger partial charge in [-0.1, -0.05) is 0 Å². The second kappa shape index (κ2) is 4.21. The molecule has 12 heavy (non-hydrogen) atoms. The molecule has 1 fully saturated rings. The Morgan fingerprint density at radius 3 is 2.83 bits per heavy atom. The van der Waals surface area contributed by atoms with Crippen LogP contribution in [0.3, 0.4) is 0 Å². The molecule has 1 aliphatic heterocycles. The minimum atomic E-state index is 0.0573. The van der Waals surface area contributed by atoms with E-state index in [0.29, 0.717) is 0 Å². The van der Waals surface area contributed by atoms with Gasteiger partial charge in [0.05, 0.1) is 5.60 Å². The molecule has 1 unspecified atom stereocenters. The van der Waals surface area contributed by atoms with Crippen LogP contribution in [0.25, 0.3) is 0 Å². The van der Waals surface area contributed by atoms with E-state index < -0.39 is 0 Å². The molecule has 0 aliphatic carbocycles. The van der Waals surface area contributed by atoms with Crippen molar-refractivity contribution in [2.24, 2.45) is 0 Å². The summed E-state index contributed by atoms with van der Waals surface area (Å²) in [7, 11) is 5.95. The van der Waals surface area contributed by atoms with E-state index in [9.17, 15) is 0 Å². The second-order valence-electron chi connectivity index (χ2n) is 3.76. The molecule has 3 nitrogen and oxygen atoms in total. The zero-order valence-electron chi connectivity index (χ0n) is 8.39. The van der Waals surface area contributed by atoms with Crippen LogP contribution in [0.4, 0.5) is 0 Å². The van der Waals surface area contributed by atoms with Crippen molar-refractivity contribution >= 4 is 0 Å². The van der Waals surface area contributed by atoms with Crippen molar-refractivity contribution in [1.29, 1.82) is 0 Å². The normalized spacial score (nSPS) is 32.2. The Kier molecular flexibility index (Phi) is 3.50. The van der Waals surface area contributed by atoms with Gasteiger partial charge in [0, 0.05) is 20.2 Å². The lowest BCUT2D eigenvalue weighted by Crippen LogP contribution is -2.53. The summed E-state index contributed by atoms with van der Waals surface area (Å²) in [5, 5.41) is 3.20. The molecular formula is C9H20N2O. The number of ether oxygens (including phenoxy) is 1. The number of nitrogens with zero attached hydrogens (tertiary/aromatic N) is 1. The average Bonchev–Trinajstić information content (AvgIpc) is 2.05. The maximum Gasteiger partial charge on any atom is 0.0928 e. The van der Waals surface area contributed by atoms with Crippen molar-refractivity contribution in [2.75, 3.05) is 40.8 Å². The minimum Gasteiger partial charge on any atom is -0.376 e. The molecule has 0 aromatic rings. The summed E-state index contributed by atoms with van der Waals surface area (Å²) in [6.07, 6.45) is 2.42. The van der Waals surface area contributed by atoms with Crippen LogP contribution in [0.2, 0.25) is 0 Å². The minimum absolute atomic E-state index is 0.0573. The Morgan fingerprint density at radius 1 is 1.58 bits per heavy atom. The van der Waals surface area contributed by atoms with Crippen molar-refractivity contribution in [1.82, 2.24) is 10.2 Å². The van der Waals surface area contributed by atoms with E-state index in [1.807, 2.05) is 14.2 Å². The molecule has 0 aromatic carbocycles. The quantitative estimate of drug-likeness (QED) is 0.663. The third-order valence-corrected chi connectivity index (χ3v) is 2.66. The molecule has 1 aliphatic rings. The predicted molar refractivity (Wildman–Crippen MR) is 50.4 cm³/mol. The molecule has 1 N–H and O–H groups in total. The molecule has 1 heterocycles. The molecule has 1 atom stereocenters. The van der Waals surface area contributed by atoms with Crippen LogP contribution >= 0.6 is 0 Å². The molecule has 1 saturated heterocycles. The number of nitrogens with one attached hydrogen (secondary N) is 1. The lowest BCUT2D eigenvalue weighted by Gasteiger charge is -2.40. The number of hydrogen-bond donors (Lipinski definition) is 1. The van der Waals surface area contributed by atoms with Crippen molar-refractivity contribution in [3.63, 3.8) is 0 Å². The second-order valence-corrected chi connectivity index (χ2v) is 3.76. The topological polar surface area (TPSA) is 24.5 Å². The van der Waals surface area contributed by atoms with Gasteiger partial charge in [-0.05, 0) is 33.5 Å². The molecule has 0 bridgehead atoms. The Balaban J connectivity index is 2.51. The first-order valence-electron chi connectivity index (χ1n) is 4.61. The van der Waals surface area contributed by atoms with Crippen molar-refractivity contribution < 1.29 is 4.74 Å². The number of hydrogen-bond acceptors (Lipinski definition) is 3. The Morgan fingerprint density at radius 2 is 2.33 bits per heavy atom. The van der Waals surface area contributed by atoms with E-state index in [1.54, 1.807) is 0 Å². The summed E-state index contributed by atoms with van der Waals surface area (Å²) in [6, 6.07) is 0. The van der Waals surface area contributed by atoms with Crippen molar-refractivity contribution in [3.8, 4) is 0 Å². The van der Waals surface area contributed by atoms with E-state index in [4.69, 9.17) is 4.74 Å². The third kappa shape index (κ3) is 2.19. The first-order valence-corrected chi connectivity index (χ1v) is 4.61. The van der Waals surface area contributed by atoms with Gasteiger partial charge >= 0.3 is 0 Å². The first-order chi connectivity index (χ1) is 5.72. The Bertz CT molecular complexity index is 136. The summed E-state index contributed by atoms with van der Waals surface area (Å²) in [5.41, 5.74) is 0.0573. The molecule has 72 valence electrons. The SMILES string of the molecule is CNCC1(OC)CCCN(C)C1. The highest BCUT2D eigenvalue weighted by molar-refractivity contribution is 4.89. The van der Waals surface area contributed by atoms with Crippen LogP contribution in [0.15, 0.2) is 0 Å². The molecule has 0 radical (unpaired) electrons. The van der Waals surface area contributed by atoms with Crippen LogP contribution in [0.5, 0.6) is 0 Å². The van der Waals surface area contributed by atoms with Gasteiger partial charge in [0.15, 0.2) is 0 Å². The smallest absolute Gasteiger partial charge is 0.0928 e. The van der Waals surface area contributed by atoms with Gasteiger partial charge in [-0.15, -0.1) is 0 Å². The predicted octanol–water partition coefficient (Wildman–Crippen LogP) is 0.317. The fraction of sp³-hybridized carbons (Fsp3) is 1.00. The lowest BCUT2D eigenvalue weighted by molar-refractivity contribution is -0.0559. The number of methoxy groups -OCH3 is 1. The maximum absolute atomic E-state index is 5.59. The number of likely N-dealkylation sites (N-methyl/N-ethyl adjacent to an activating group) is 2. The molecule has 3 heteroatoms. The highest BCUT2D eigenvalue weighted by atomic mass is 16.5. The zero-order valence-corrected chi connectivity index (χ0v) is 8.39. The first kappa shape index (κ1) is 9.96. The fourth-order valence-electron chi connectivity index (χ4n) is 2.03. The molecule has 0 aromatic heterocycles. The standard InChI is InChI=1S/C9H20N2O/c1-10-7-9(12-3)5-4-6-11(2)8-9/h10H,4-8H2,1-3H3. The van der Waals surface area contributed by atoms with Crippen LogP contribution in [0.1, 0.15) is 12.8 Å². The zero-order chi connectivity index (χ0) is 9.03. The van der Waals surface area contributed by atoms with Gasteiger partial charge in [-0.3, -0.25) is 0 Å². The highest BCUT2D eigenvalue weighted by Crippen LogP contribution is 2.22. The van der Waals surface area contributed by atoms with E-state index in [0.717, 1.165) is 13.1 Å². The number of rotatable bonds is 3. The summed E-state index contributed by atoms with van der Waals surface area (Å²) < 4.78 is 5.59. The van der Waals surface area contributed by atoms with Gasteiger partial charge in [0.1, 0.15) is 0 Å².